The van der Waals surface area contributed by atoms with Crippen molar-refractivity contribution in [2.45, 2.75) is 50.5 Å². The second-order valence-electron chi connectivity index (χ2n) is 15.4. The minimum atomic E-state index is -0.878. The SMILES string of the molecule is CCCC1(CCC)c2cc(N3CCOCC3)ccc2-c2c1c1c(c3ccc(OC)cc23)OC(c2ccc(OC)cc2)(c2ccc(N3CCOCC3)cc2)C=C1. The Kier molecular flexibility index (Phi) is 9.47. The maximum absolute atomic E-state index is 7.71. The average molecular weight is 737 g/mol. The van der Waals surface area contributed by atoms with Crippen molar-refractivity contribution < 1.29 is 23.7 Å². The molecule has 9 rings (SSSR count). The van der Waals surface area contributed by atoms with E-state index in [1.165, 1.54) is 44.6 Å². The highest BCUT2D eigenvalue weighted by Gasteiger charge is 2.48. The summed E-state index contributed by atoms with van der Waals surface area (Å²) in [6.07, 6.45) is 8.94. The molecule has 284 valence electrons. The van der Waals surface area contributed by atoms with E-state index in [0.29, 0.717) is 0 Å². The molecule has 7 heteroatoms. The predicted octanol–water partition coefficient (Wildman–Crippen LogP) is 9.75. The van der Waals surface area contributed by atoms with Crippen molar-refractivity contribution in [1.82, 2.24) is 0 Å². The van der Waals surface area contributed by atoms with Gasteiger partial charge < -0.3 is 33.5 Å². The predicted molar refractivity (Wildman–Crippen MR) is 222 cm³/mol. The van der Waals surface area contributed by atoms with Crippen LogP contribution in [0.1, 0.15) is 67.3 Å². The molecule has 7 nitrogen and oxygen atoms in total. The molecule has 5 aromatic rings. The molecular weight excluding hydrogens is 685 g/mol. The van der Waals surface area contributed by atoms with Gasteiger partial charge >= 0.3 is 0 Å². The third-order valence-corrected chi connectivity index (χ3v) is 12.4. The van der Waals surface area contributed by atoms with E-state index in [2.05, 4.69) is 109 Å². The smallest absolute Gasteiger partial charge is 0.178 e. The van der Waals surface area contributed by atoms with Crippen LogP contribution >= 0.6 is 0 Å². The minimum absolute atomic E-state index is 0.175. The largest absolute Gasteiger partial charge is 0.497 e. The van der Waals surface area contributed by atoms with Crippen LogP contribution in [0.4, 0.5) is 11.4 Å². The van der Waals surface area contributed by atoms with Gasteiger partial charge in [-0.3, -0.25) is 0 Å². The number of hydrogen-bond donors (Lipinski definition) is 0. The van der Waals surface area contributed by atoms with Crippen molar-refractivity contribution in [2.75, 3.05) is 76.6 Å². The Morgan fingerprint density at radius 1 is 0.636 bits per heavy atom. The first-order valence-corrected chi connectivity index (χ1v) is 20.2. The van der Waals surface area contributed by atoms with Crippen LogP contribution in [-0.2, 0) is 20.5 Å². The minimum Gasteiger partial charge on any atom is -0.497 e. The van der Waals surface area contributed by atoms with E-state index >= 15 is 0 Å². The number of fused-ring (bicyclic) bond motifs is 8. The van der Waals surface area contributed by atoms with Crippen molar-refractivity contribution >= 4 is 28.2 Å². The van der Waals surface area contributed by atoms with E-state index in [1.807, 2.05) is 12.1 Å². The number of benzene rings is 5. The number of hydrogen-bond acceptors (Lipinski definition) is 7. The van der Waals surface area contributed by atoms with Gasteiger partial charge in [0.2, 0.25) is 0 Å². The zero-order chi connectivity index (χ0) is 37.6. The van der Waals surface area contributed by atoms with Gasteiger partial charge in [0.05, 0.1) is 40.6 Å². The molecule has 0 aromatic heterocycles. The molecule has 1 unspecified atom stereocenters. The number of morpholine rings is 2. The molecule has 1 aliphatic carbocycles. The summed E-state index contributed by atoms with van der Waals surface area (Å²) in [5, 5.41) is 2.26. The van der Waals surface area contributed by atoms with Gasteiger partial charge in [-0.25, -0.2) is 0 Å². The Morgan fingerprint density at radius 3 is 1.84 bits per heavy atom. The van der Waals surface area contributed by atoms with Gasteiger partial charge in [0.1, 0.15) is 17.2 Å². The Hall–Kier alpha value is -4.98. The summed E-state index contributed by atoms with van der Waals surface area (Å²) in [5.41, 5.74) is 10.2. The van der Waals surface area contributed by atoms with Gasteiger partial charge in [0.25, 0.3) is 0 Å². The van der Waals surface area contributed by atoms with Crippen LogP contribution < -0.4 is 24.0 Å². The number of nitrogens with zero attached hydrogens (tertiary/aromatic N) is 2. The average Bonchev–Trinajstić information content (AvgIpc) is 3.53. The number of rotatable bonds is 10. The molecule has 0 bridgehead atoms. The molecule has 0 N–H and O–H groups in total. The second-order valence-corrected chi connectivity index (χ2v) is 15.4. The van der Waals surface area contributed by atoms with Crippen LogP contribution in [0, 0.1) is 0 Å². The lowest BCUT2D eigenvalue weighted by molar-refractivity contribution is 0.122. The van der Waals surface area contributed by atoms with Crippen LogP contribution in [0.2, 0.25) is 0 Å². The molecule has 0 radical (unpaired) electrons. The van der Waals surface area contributed by atoms with Gasteiger partial charge in [-0.1, -0.05) is 63.1 Å². The summed E-state index contributed by atoms with van der Waals surface area (Å²) in [7, 11) is 3.47. The first-order chi connectivity index (χ1) is 27.0. The molecule has 2 fully saturated rings. The van der Waals surface area contributed by atoms with Crippen molar-refractivity contribution in [3.05, 3.63) is 119 Å². The quantitative estimate of drug-likeness (QED) is 0.142. The monoisotopic (exact) mass is 736 g/mol. The van der Waals surface area contributed by atoms with Crippen molar-refractivity contribution in [3.8, 4) is 28.4 Å². The Morgan fingerprint density at radius 2 is 1.22 bits per heavy atom. The third kappa shape index (κ3) is 5.86. The van der Waals surface area contributed by atoms with Crippen molar-refractivity contribution in [1.29, 1.82) is 0 Å². The fraction of sp³-hybridized carbons (Fsp3) is 0.375. The fourth-order valence-electron chi connectivity index (χ4n) is 9.88. The van der Waals surface area contributed by atoms with Crippen LogP contribution in [0.25, 0.3) is 28.0 Å². The van der Waals surface area contributed by atoms with Gasteiger partial charge in [-0.15, -0.1) is 0 Å². The van der Waals surface area contributed by atoms with E-state index in [9.17, 15) is 0 Å². The highest BCUT2D eigenvalue weighted by Crippen LogP contribution is 2.61. The Bertz CT molecular complexity index is 2210. The molecule has 3 heterocycles. The highest BCUT2D eigenvalue weighted by atomic mass is 16.5. The molecular formula is C48H52N2O5. The van der Waals surface area contributed by atoms with Crippen LogP contribution in [0.5, 0.6) is 17.2 Å². The van der Waals surface area contributed by atoms with Gasteiger partial charge in [0.15, 0.2) is 5.60 Å². The fourth-order valence-corrected chi connectivity index (χ4v) is 9.88. The summed E-state index contributed by atoms with van der Waals surface area (Å²) >= 11 is 0. The maximum Gasteiger partial charge on any atom is 0.178 e. The van der Waals surface area contributed by atoms with Crippen LogP contribution in [0.15, 0.2) is 91.0 Å². The Labute approximate surface area is 325 Å². The van der Waals surface area contributed by atoms with Crippen LogP contribution in [-0.4, -0.2) is 66.8 Å². The van der Waals surface area contributed by atoms with Gasteiger partial charge in [0, 0.05) is 65.0 Å². The molecule has 1 atom stereocenters. The van der Waals surface area contributed by atoms with Gasteiger partial charge in [-0.2, -0.15) is 0 Å². The summed E-state index contributed by atoms with van der Waals surface area (Å²) in [4.78, 5) is 4.89. The molecule has 55 heavy (non-hydrogen) atoms. The van der Waals surface area contributed by atoms with E-state index in [1.54, 1.807) is 14.2 Å². The lowest BCUT2D eigenvalue weighted by Crippen LogP contribution is -2.37. The first-order valence-electron chi connectivity index (χ1n) is 20.2. The summed E-state index contributed by atoms with van der Waals surface area (Å²) in [6, 6.07) is 31.0. The molecule has 4 aliphatic rings. The standard InChI is InChI=1S/C48H52N2O5/c1-5-20-47(21-6-2)43-31-36(50-25-29-54-30-26-50)13-17-40(43)44-42-32-38(52-4)16-18-39(42)46-41(45(44)47)19-22-48(55-46,34-9-14-37(51-3)15-10-34)33-7-11-35(12-8-33)49-23-27-53-28-24-49/h7-19,22,31-32H,5-6,20-21,23-30H2,1-4H3. The molecule has 2 saturated heterocycles. The molecule has 3 aliphatic heterocycles. The summed E-state index contributed by atoms with van der Waals surface area (Å²) in [5.74, 6) is 2.58. The first kappa shape index (κ1) is 35.7. The number of anilines is 2. The van der Waals surface area contributed by atoms with Crippen LogP contribution in [0.3, 0.4) is 0 Å². The van der Waals surface area contributed by atoms with E-state index in [4.69, 9.17) is 23.7 Å². The normalized spacial score (nSPS) is 19.8. The third-order valence-electron chi connectivity index (χ3n) is 12.4. The molecule has 0 saturated carbocycles. The van der Waals surface area contributed by atoms with Gasteiger partial charge in [-0.05, 0) is 101 Å². The lowest BCUT2D eigenvalue weighted by Gasteiger charge is -2.40. The van der Waals surface area contributed by atoms with E-state index in [-0.39, 0.29) is 5.41 Å². The lowest BCUT2D eigenvalue weighted by atomic mass is 9.69. The number of ether oxygens (including phenoxy) is 5. The second kappa shape index (κ2) is 14.6. The molecule has 5 aromatic carbocycles. The zero-order valence-electron chi connectivity index (χ0n) is 32.7. The Balaban J connectivity index is 1.28. The topological polar surface area (TPSA) is 52.6 Å². The van der Waals surface area contributed by atoms with Crippen molar-refractivity contribution in [3.63, 3.8) is 0 Å². The van der Waals surface area contributed by atoms with E-state index < -0.39 is 5.60 Å². The highest BCUT2D eigenvalue weighted by molar-refractivity contribution is 6.09. The summed E-state index contributed by atoms with van der Waals surface area (Å²) in [6.45, 7) is 11.3. The van der Waals surface area contributed by atoms with Crippen molar-refractivity contribution in [2.24, 2.45) is 0 Å². The van der Waals surface area contributed by atoms with E-state index in [0.717, 1.165) is 112 Å². The molecule has 0 spiro atoms. The maximum atomic E-state index is 7.71. The molecule has 0 amide bonds. The summed E-state index contributed by atoms with van der Waals surface area (Å²) < 4.78 is 30.6. The number of methoxy groups -OCH3 is 2. The zero-order valence-corrected chi connectivity index (χ0v) is 32.7.